The minimum atomic E-state index is 1.02. The molecule has 1 aliphatic rings. The maximum absolute atomic E-state index is 4.47. The highest BCUT2D eigenvalue weighted by molar-refractivity contribution is 5.54. The largest absolute Gasteiger partial charge is 0.369 e. The van der Waals surface area contributed by atoms with E-state index in [1.165, 1.54) is 5.56 Å². The minimum Gasteiger partial charge on any atom is -0.369 e. The topological polar surface area (TPSA) is 28.2 Å². The lowest BCUT2D eigenvalue weighted by molar-refractivity contribution is 1.07. The molecule has 0 aromatic carbocycles. The molecule has 0 aliphatic carbocycles. The van der Waals surface area contributed by atoms with Gasteiger partial charge in [-0.25, -0.2) is 4.98 Å². The Kier molecular flexibility index (Phi) is 1.64. The molecule has 0 fully saturated rings. The van der Waals surface area contributed by atoms with Crippen LogP contribution in [-0.2, 0) is 6.42 Å². The molecule has 0 atom stereocenters. The maximum atomic E-state index is 4.47. The second-order valence-electron chi connectivity index (χ2n) is 3.25. The monoisotopic (exact) mass is 163 g/mol. The highest BCUT2D eigenvalue weighted by Crippen LogP contribution is 2.22. The molecule has 12 heavy (non-hydrogen) atoms. The Morgan fingerprint density at radius 1 is 1.42 bits per heavy atom. The molecule has 2 heterocycles. The van der Waals surface area contributed by atoms with Gasteiger partial charge in [0.1, 0.15) is 11.6 Å². The van der Waals surface area contributed by atoms with Crippen LogP contribution in [-0.4, -0.2) is 25.6 Å². The van der Waals surface area contributed by atoms with Gasteiger partial charge in [-0.1, -0.05) is 6.07 Å². The lowest BCUT2D eigenvalue weighted by Crippen LogP contribution is -2.10. The summed E-state index contributed by atoms with van der Waals surface area (Å²) in [6.45, 7) is 1.03. The Hall–Kier alpha value is -1.25. The van der Waals surface area contributed by atoms with E-state index in [4.69, 9.17) is 0 Å². The summed E-state index contributed by atoms with van der Waals surface area (Å²) < 4.78 is 0. The summed E-state index contributed by atoms with van der Waals surface area (Å²) in [5, 5.41) is 3.26. The molecule has 0 unspecified atom stereocenters. The number of nitrogens with zero attached hydrogens (tertiary/aromatic N) is 2. The van der Waals surface area contributed by atoms with Gasteiger partial charge in [0, 0.05) is 20.6 Å². The van der Waals surface area contributed by atoms with E-state index in [1.54, 1.807) is 0 Å². The first-order chi connectivity index (χ1) is 5.77. The first-order valence-electron chi connectivity index (χ1n) is 4.18. The quantitative estimate of drug-likeness (QED) is 0.672. The number of hydrogen-bond acceptors (Lipinski definition) is 3. The van der Waals surface area contributed by atoms with Crippen LogP contribution in [0.4, 0.5) is 11.6 Å². The fourth-order valence-corrected chi connectivity index (χ4v) is 1.40. The molecule has 3 nitrogen and oxygen atoms in total. The molecule has 64 valence electrons. The van der Waals surface area contributed by atoms with Crippen molar-refractivity contribution in [2.75, 3.05) is 30.9 Å². The van der Waals surface area contributed by atoms with Crippen LogP contribution in [0.5, 0.6) is 0 Å². The normalized spacial score (nSPS) is 13.8. The first kappa shape index (κ1) is 7.40. The van der Waals surface area contributed by atoms with E-state index in [0.717, 1.165) is 24.6 Å². The SMILES string of the molecule is CN(C)c1ccc2c(n1)NCC2. The predicted molar refractivity (Wildman–Crippen MR) is 50.8 cm³/mol. The van der Waals surface area contributed by atoms with Crippen LogP contribution in [0.25, 0.3) is 0 Å². The molecule has 1 aromatic heterocycles. The molecule has 0 spiro atoms. The molecule has 0 bridgehead atoms. The van der Waals surface area contributed by atoms with Gasteiger partial charge in [0.05, 0.1) is 0 Å². The van der Waals surface area contributed by atoms with Crippen LogP contribution >= 0.6 is 0 Å². The van der Waals surface area contributed by atoms with E-state index < -0.39 is 0 Å². The van der Waals surface area contributed by atoms with E-state index in [1.807, 2.05) is 19.0 Å². The van der Waals surface area contributed by atoms with E-state index in [-0.39, 0.29) is 0 Å². The van der Waals surface area contributed by atoms with Gasteiger partial charge in [-0.05, 0) is 18.1 Å². The van der Waals surface area contributed by atoms with Crippen LogP contribution < -0.4 is 10.2 Å². The van der Waals surface area contributed by atoms with Gasteiger partial charge < -0.3 is 10.2 Å². The summed E-state index contributed by atoms with van der Waals surface area (Å²) in [6.07, 6.45) is 1.11. The van der Waals surface area contributed by atoms with Gasteiger partial charge >= 0.3 is 0 Å². The molecule has 0 saturated heterocycles. The third-order valence-corrected chi connectivity index (χ3v) is 2.11. The molecule has 1 aliphatic heterocycles. The molecule has 0 amide bonds. The van der Waals surface area contributed by atoms with Crippen molar-refractivity contribution < 1.29 is 0 Å². The minimum absolute atomic E-state index is 1.02. The second kappa shape index (κ2) is 2.66. The summed E-state index contributed by atoms with van der Waals surface area (Å²) in [4.78, 5) is 6.48. The van der Waals surface area contributed by atoms with Gasteiger partial charge in [-0.2, -0.15) is 0 Å². The Morgan fingerprint density at radius 2 is 2.25 bits per heavy atom. The fraction of sp³-hybridized carbons (Fsp3) is 0.444. The fourth-order valence-electron chi connectivity index (χ4n) is 1.40. The summed E-state index contributed by atoms with van der Waals surface area (Å²) in [5.74, 6) is 2.07. The first-order valence-corrected chi connectivity index (χ1v) is 4.18. The molecule has 1 N–H and O–H groups in total. The van der Waals surface area contributed by atoms with Crippen molar-refractivity contribution in [3.8, 4) is 0 Å². The zero-order valence-electron chi connectivity index (χ0n) is 7.46. The zero-order valence-corrected chi connectivity index (χ0v) is 7.46. The average Bonchev–Trinajstić information content (AvgIpc) is 2.49. The number of fused-ring (bicyclic) bond motifs is 1. The number of anilines is 2. The zero-order chi connectivity index (χ0) is 8.55. The number of rotatable bonds is 1. The van der Waals surface area contributed by atoms with Crippen molar-refractivity contribution in [3.63, 3.8) is 0 Å². The van der Waals surface area contributed by atoms with Crippen molar-refractivity contribution in [2.24, 2.45) is 0 Å². The van der Waals surface area contributed by atoms with Crippen molar-refractivity contribution >= 4 is 11.6 Å². The van der Waals surface area contributed by atoms with Crippen molar-refractivity contribution in [1.82, 2.24) is 4.98 Å². The third-order valence-electron chi connectivity index (χ3n) is 2.11. The lowest BCUT2D eigenvalue weighted by atomic mass is 10.2. The Labute approximate surface area is 72.4 Å². The maximum Gasteiger partial charge on any atom is 0.131 e. The van der Waals surface area contributed by atoms with Gasteiger partial charge in [0.15, 0.2) is 0 Å². The molecular formula is C9H13N3. The van der Waals surface area contributed by atoms with Crippen molar-refractivity contribution in [3.05, 3.63) is 17.7 Å². The Morgan fingerprint density at radius 3 is 3.00 bits per heavy atom. The van der Waals surface area contributed by atoms with Gasteiger partial charge in [-0.15, -0.1) is 0 Å². The van der Waals surface area contributed by atoms with Crippen LogP contribution in [0.3, 0.4) is 0 Å². The number of nitrogens with one attached hydrogen (secondary N) is 1. The highest BCUT2D eigenvalue weighted by Gasteiger charge is 2.11. The molecule has 2 rings (SSSR count). The van der Waals surface area contributed by atoms with Gasteiger partial charge in [0.25, 0.3) is 0 Å². The Bertz CT molecular complexity index is 294. The smallest absolute Gasteiger partial charge is 0.131 e. The Balaban J connectivity index is 2.39. The van der Waals surface area contributed by atoms with Gasteiger partial charge in [0.2, 0.25) is 0 Å². The lowest BCUT2D eigenvalue weighted by Gasteiger charge is -2.11. The summed E-state index contributed by atoms with van der Waals surface area (Å²) >= 11 is 0. The van der Waals surface area contributed by atoms with Crippen LogP contribution in [0.15, 0.2) is 12.1 Å². The van der Waals surface area contributed by atoms with Crippen LogP contribution in [0.2, 0.25) is 0 Å². The van der Waals surface area contributed by atoms with E-state index >= 15 is 0 Å². The molecule has 1 aromatic rings. The molecular weight excluding hydrogens is 150 g/mol. The molecule has 0 radical (unpaired) electrons. The second-order valence-corrected chi connectivity index (χ2v) is 3.25. The van der Waals surface area contributed by atoms with Crippen LogP contribution in [0, 0.1) is 0 Å². The number of pyridine rings is 1. The summed E-state index contributed by atoms with van der Waals surface area (Å²) in [6, 6.07) is 4.21. The van der Waals surface area contributed by atoms with E-state index in [2.05, 4.69) is 22.4 Å². The summed E-state index contributed by atoms with van der Waals surface area (Å²) in [5.41, 5.74) is 1.33. The number of aromatic nitrogens is 1. The predicted octanol–water partition coefficient (Wildman–Crippen LogP) is 1.12. The van der Waals surface area contributed by atoms with Gasteiger partial charge in [-0.3, -0.25) is 0 Å². The van der Waals surface area contributed by atoms with E-state index in [9.17, 15) is 0 Å². The standard InChI is InChI=1S/C9H13N3/c1-12(2)8-4-3-7-5-6-10-9(7)11-8/h3-4H,5-6H2,1-2H3,(H,10,11). The summed E-state index contributed by atoms with van der Waals surface area (Å²) in [7, 11) is 4.01. The van der Waals surface area contributed by atoms with Crippen molar-refractivity contribution in [1.29, 1.82) is 0 Å². The third kappa shape index (κ3) is 1.11. The average molecular weight is 163 g/mol. The molecule has 3 heteroatoms. The van der Waals surface area contributed by atoms with Crippen molar-refractivity contribution in [2.45, 2.75) is 6.42 Å². The molecule has 0 saturated carbocycles. The number of hydrogen-bond donors (Lipinski definition) is 1. The van der Waals surface area contributed by atoms with E-state index in [0.29, 0.717) is 0 Å². The highest BCUT2D eigenvalue weighted by atomic mass is 15.2. The van der Waals surface area contributed by atoms with Crippen LogP contribution in [0.1, 0.15) is 5.56 Å².